The van der Waals surface area contributed by atoms with E-state index in [0.29, 0.717) is 37.6 Å². The van der Waals surface area contributed by atoms with Gasteiger partial charge in [0.25, 0.3) is 0 Å². The Kier molecular flexibility index (Phi) is 11.2. The van der Waals surface area contributed by atoms with Crippen molar-refractivity contribution in [2.75, 3.05) is 32.7 Å². The summed E-state index contributed by atoms with van der Waals surface area (Å²) < 4.78 is 0. The minimum Gasteiger partial charge on any atom is -0.343 e. The maximum atomic E-state index is 12.6. The zero-order chi connectivity index (χ0) is 19.6. The van der Waals surface area contributed by atoms with Crippen molar-refractivity contribution in [2.45, 2.75) is 51.9 Å². The number of benzene rings is 1. The Bertz CT molecular complexity index is 591. The molecule has 1 fully saturated rings. The SMILES string of the molecule is CCCN(CCC)C(=O)CCCC(=O)N1C[C@@H](CN)[C@H](c2ccccc2)C1.Cl. The van der Waals surface area contributed by atoms with Crippen LogP contribution in [0.2, 0.25) is 0 Å². The maximum Gasteiger partial charge on any atom is 0.222 e. The molecule has 0 aliphatic carbocycles. The van der Waals surface area contributed by atoms with Gasteiger partial charge >= 0.3 is 0 Å². The second-order valence-corrected chi connectivity index (χ2v) is 7.55. The van der Waals surface area contributed by atoms with Gasteiger partial charge in [-0.1, -0.05) is 44.2 Å². The van der Waals surface area contributed by atoms with E-state index in [0.717, 1.165) is 39.0 Å². The van der Waals surface area contributed by atoms with Crippen molar-refractivity contribution < 1.29 is 9.59 Å². The van der Waals surface area contributed by atoms with Gasteiger partial charge in [0.1, 0.15) is 0 Å². The van der Waals surface area contributed by atoms with E-state index in [9.17, 15) is 9.59 Å². The van der Waals surface area contributed by atoms with Gasteiger partial charge in [0, 0.05) is 44.9 Å². The van der Waals surface area contributed by atoms with Gasteiger partial charge in [-0.25, -0.2) is 0 Å². The van der Waals surface area contributed by atoms with Crippen molar-refractivity contribution in [2.24, 2.45) is 11.7 Å². The number of amides is 2. The van der Waals surface area contributed by atoms with E-state index in [-0.39, 0.29) is 24.2 Å². The summed E-state index contributed by atoms with van der Waals surface area (Å²) in [6, 6.07) is 10.3. The maximum absolute atomic E-state index is 12.6. The monoisotopic (exact) mass is 409 g/mol. The number of nitrogens with two attached hydrogens (primary N) is 1. The van der Waals surface area contributed by atoms with E-state index in [1.54, 1.807) is 0 Å². The van der Waals surface area contributed by atoms with Crippen LogP contribution in [0.25, 0.3) is 0 Å². The summed E-state index contributed by atoms with van der Waals surface area (Å²) in [6.07, 6.45) is 3.47. The minimum absolute atomic E-state index is 0. The standard InChI is InChI=1S/C22H35N3O2.ClH/c1-3-13-24(14-4-2)21(26)11-8-12-22(27)25-16-19(15-23)20(17-25)18-9-6-5-7-10-18;/h5-7,9-10,19-20H,3-4,8,11-17,23H2,1-2H3;1H/t19-,20+;/m1./s1. The quantitative estimate of drug-likeness (QED) is 0.643. The summed E-state index contributed by atoms with van der Waals surface area (Å²) in [5.41, 5.74) is 7.22. The van der Waals surface area contributed by atoms with E-state index in [2.05, 4.69) is 26.0 Å². The fraction of sp³-hybridized carbons (Fsp3) is 0.636. The average molecular weight is 410 g/mol. The summed E-state index contributed by atoms with van der Waals surface area (Å²) in [6.45, 7) is 7.84. The first-order valence-electron chi connectivity index (χ1n) is 10.4. The van der Waals surface area contributed by atoms with Crippen molar-refractivity contribution in [1.29, 1.82) is 0 Å². The van der Waals surface area contributed by atoms with Crippen LogP contribution in [0.1, 0.15) is 57.4 Å². The number of halogens is 1. The molecule has 0 aromatic heterocycles. The molecule has 2 rings (SSSR count). The lowest BCUT2D eigenvalue weighted by atomic mass is 9.89. The van der Waals surface area contributed by atoms with Crippen molar-refractivity contribution >= 4 is 24.2 Å². The second-order valence-electron chi connectivity index (χ2n) is 7.55. The van der Waals surface area contributed by atoms with E-state index < -0.39 is 0 Å². The average Bonchev–Trinajstić information content (AvgIpc) is 3.13. The summed E-state index contributed by atoms with van der Waals surface area (Å²) >= 11 is 0. The molecule has 1 saturated heterocycles. The Morgan fingerprint density at radius 2 is 1.71 bits per heavy atom. The normalized spacial score (nSPS) is 18.6. The highest BCUT2D eigenvalue weighted by atomic mass is 35.5. The van der Waals surface area contributed by atoms with E-state index >= 15 is 0 Å². The van der Waals surface area contributed by atoms with E-state index in [1.807, 2.05) is 28.0 Å². The molecule has 1 heterocycles. The summed E-state index contributed by atoms with van der Waals surface area (Å²) in [5, 5.41) is 0. The van der Waals surface area contributed by atoms with Crippen LogP contribution < -0.4 is 5.73 Å². The van der Waals surface area contributed by atoms with Crippen LogP contribution in [0.3, 0.4) is 0 Å². The summed E-state index contributed by atoms with van der Waals surface area (Å²) in [4.78, 5) is 28.9. The lowest BCUT2D eigenvalue weighted by molar-refractivity contribution is -0.132. The molecule has 1 aromatic carbocycles. The van der Waals surface area contributed by atoms with E-state index in [4.69, 9.17) is 5.73 Å². The van der Waals surface area contributed by atoms with Gasteiger partial charge in [0.2, 0.25) is 11.8 Å². The molecular weight excluding hydrogens is 374 g/mol. The molecule has 6 heteroatoms. The second kappa shape index (κ2) is 12.8. The van der Waals surface area contributed by atoms with Gasteiger partial charge in [-0.2, -0.15) is 0 Å². The fourth-order valence-corrected chi connectivity index (χ4v) is 4.00. The Morgan fingerprint density at radius 3 is 2.29 bits per heavy atom. The van der Waals surface area contributed by atoms with E-state index in [1.165, 1.54) is 5.56 Å². The molecule has 1 aromatic rings. The van der Waals surface area contributed by atoms with Crippen molar-refractivity contribution in [3.63, 3.8) is 0 Å². The van der Waals surface area contributed by atoms with Gasteiger partial charge in [0.05, 0.1) is 0 Å². The van der Waals surface area contributed by atoms with Crippen LogP contribution in [0.4, 0.5) is 0 Å². The molecule has 0 radical (unpaired) electrons. The molecule has 0 saturated carbocycles. The largest absolute Gasteiger partial charge is 0.343 e. The predicted molar refractivity (Wildman–Crippen MR) is 117 cm³/mol. The predicted octanol–water partition coefficient (Wildman–Crippen LogP) is 3.43. The van der Waals surface area contributed by atoms with Gasteiger partial charge in [-0.3, -0.25) is 9.59 Å². The van der Waals surface area contributed by atoms with Crippen molar-refractivity contribution in [3.8, 4) is 0 Å². The van der Waals surface area contributed by atoms with Gasteiger partial charge in [-0.05, 0) is 37.3 Å². The van der Waals surface area contributed by atoms with Crippen LogP contribution in [0.5, 0.6) is 0 Å². The molecule has 2 N–H and O–H groups in total. The molecule has 1 aliphatic heterocycles. The first kappa shape index (κ1) is 24.4. The Labute approximate surface area is 176 Å². The highest BCUT2D eigenvalue weighted by molar-refractivity contribution is 5.85. The molecular formula is C22H36ClN3O2. The lowest BCUT2D eigenvalue weighted by Crippen LogP contribution is -2.33. The minimum atomic E-state index is 0. The topological polar surface area (TPSA) is 66.6 Å². The number of carbonyl (C=O) groups excluding carboxylic acids is 2. The highest BCUT2D eigenvalue weighted by Crippen LogP contribution is 2.32. The van der Waals surface area contributed by atoms with Crippen LogP contribution in [0, 0.1) is 5.92 Å². The Balaban J connectivity index is 0.00000392. The smallest absolute Gasteiger partial charge is 0.222 e. The number of hydrogen-bond acceptors (Lipinski definition) is 3. The van der Waals surface area contributed by atoms with Crippen LogP contribution >= 0.6 is 12.4 Å². The van der Waals surface area contributed by atoms with Gasteiger partial charge < -0.3 is 15.5 Å². The van der Waals surface area contributed by atoms with Crippen LogP contribution in [-0.4, -0.2) is 54.3 Å². The molecule has 2 amide bonds. The third-order valence-corrected chi connectivity index (χ3v) is 5.45. The first-order valence-corrected chi connectivity index (χ1v) is 10.4. The van der Waals surface area contributed by atoms with Crippen LogP contribution in [-0.2, 0) is 9.59 Å². The number of likely N-dealkylation sites (tertiary alicyclic amines) is 1. The third kappa shape index (κ3) is 6.78. The Hall–Kier alpha value is -1.59. The lowest BCUT2D eigenvalue weighted by Gasteiger charge is -2.22. The molecule has 158 valence electrons. The Morgan fingerprint density at radius 1 is 1.07 bits per heavy atom. The zero-order valence-electron chi connectivity index (χ0n) is 17.3. The van der Waals surface area contributed by atoms with Gasteiger partial charge in [0.15, 0.2) is 0 Å². The number of hydrogen-bond donors (Lipinski definition) is 1. The summed E-state index contributed by atoms with van der Waals surface area (Å²) in [5.74, 6) is 0.945. The highest BCUT2D eigenvalue weighted by Gasteiger charge is 2.34. The molecule has 0 spiro atoms. The third-order valence-electron chi connectivity index (χ3n) is 5.45. The molecule has 2 atom stereocenters. The number of rotatable bonds is 10. The molecule has 28 heavy (non-hydrogen) atoms. The summed E-state index contributed by atoms with van der Waals surface area (Å²) in [7, 11) is 0. The van der Waals surface area contributed by atoms with Gasteiger partial charge in [-0.15, -0.1) is 12.4 Å². The van der Waals surface area contributed by atoms with Crippen molar-refractivity contribution in [3.05, 3.63) is 35.9 Å². The molecule has 0 unspecified atom stereocenters. The number of carbonyl (C=O) groups is 2. The van der Waals surface area contributed by atoms with Crippen molar-refractivity contribution in [1.82, 2.24) is 9.80 Å². The fourth-order valence-electron chi connectivity index (χ4n) is 4.00. The number of nitrogens with zero attached hydrogens (tertiary/aromatic N) is 2. The molecule has 5 nitrogen and oxygen atoms in total. The molecule has 0 bridgehead atoms. The first-order chi connectivity index (χ1) is 13.1. The zero-order valence-corrected chi connectivity index (χ0v) is 18.1. The van der Waals surface area contributed by atoms with Crippen LogP contribution in [0.15, 0.2) is 30.3 Å². The molecule has 1 aliphatic rings.